The third kappa shape index (κ3) is 3.12. The summed E-state index contributed by atoms with van der Waals surface area (Å²) in [5, 5.41) is 3.02. The van der Waals surface area contributed by atoms with Gasteiger partial charge in [0.15, 0.2) is 0 Å². The zero-order valence-corrected chi connectivity index (χ0v) is 10.8. The molecule has 0 unspecified atom stereocenters. The fourth-order valence-corrected chi connectivity index (χ4v) is 2.70. The van der Waals surface area contributed by atoms with Crippen LogP contribution >= 0.6 is 11.8 Å². The van der Waals surface area contributed by atoms with Crippen LogP contribution in [-0.2, 0) is 0 Å². The van der Waals surface area contributed by atoms with Gasteiger partial charge in [0.2, 0.25) is 0 Å². The maximum atomic E-state index is 12.2. The van der Waals surface area contributed by atoms with E-state index in [2.05, 4.69) is 10.3 Å². The third-order valence-corrected chi connectivity index (χ3v) is 3.83. The SMILES string of the molecule is CNc1ccnc(C(=O)N2CCCSCC2)c1. The highest BCUT2D eigenvalue weighted by atomic mass is 32.2. The predicted molar refractivity (Wildman–Crippen MR) is 71.6 cm³/mol. The molecule has 1 aromatic heterocycles. The van der Waals surface area contributed by atoms with Gasteiger partial charge in [0.05, 0.1) is 0 Å². The van der Waals surface area contributed by atoms with Crippen LogP contribution in [0, 0.1) is 0 Å². The van der Waals surface area contributed by atoms with E-state index < -0.39 is 0 Å². The van der Waals surface area contributed by atoms with E-state index in [1.807, 2.05) is 29.8 Å². The van der Waals surface area contributed by atoms with E-state index in [0.717, 1.165) is 36.7 Å². The van der Waals surface area contributed by atoms with Gasteiger partial charge in [-0.25, -0.2) is 0 Å². The van der Waals surface area contributed by atoms with Crippen LogP contribution in [0.3, 0.4) is 0 Å². The zero-order chi connectivity index (χ0) is 12.1. The van der Waals surface area contributed by atoms with Crippen molar-refractivity contribution in [2.45, 2.75) is 6.42 Å². The quantitative estimate of drug-likeness (QED) is 0.869. The standard InChI is InChI=1S/C12H17N3OS/c1-13-10-3-4-14-11(9-10)12(16)15-5-2-7-17-8-6-15/h3-4,9H,2,5-8H2,1H3,(H,13,14). The van der Waals surface area contributed by atoms with Crippen LogP contribution in [0.1, 0.15) is 16.9 Å². The number of nitrogens with zero attached hydrogens (tertiary/aromatic N) is 2. The number of rotatable bonds is 2. The van der Waals surface area contributed by atoms with E-state index in [1.54, 1.807) is 12.3 Å². The van der Waals surface area contributed by atoms with Gasteiger partial charge in [-0.15, -0.1) is 0 Å². The number of carbonyl (C=O) groups excluding carboxylic acids is 1. The number of nitrogens with one attached hydrogen (secondary N) is 1. The van der Waals surface area contributed by atoms with Crippen LogP contribution in [0.2, 0.25) is 0 Å². The van der Waals surface area contributed by atoms with Gasteiger partial charge in [-0.1, -0.05) is 0 Å². The molecule has 0 radical (unpaired) electrons. The average Bonchev–Trinajstić information content (AvgIpc) is 2.67. The van der Waals surface area contributed by atoms with Gasteiger partial charge in [-0.2, -0.15) is 11.8 Å². The lowest BCUT2D eigenvalue weighted by atomic mass is 10.2. The second-order valence-corrected chi connectivity index (χ2v) is 5.16. The summed E-state index contributed by atoms with van der Waals surface area (Å²) in [5.74, 6) is 2.22. The second-order valence-electron chi connectivity index (χ2n) is 3.94. The number of thioether (sulfide) groups is 1. The molecule has 1 N–H and O–H groups in total. The summed E-state index contributed by atoms with van der Waals surface area (Å²) in [4.78, 5) is 18.3. The highest BCUT2D eigenvalue weighted by Crippen LogP contribution is 2.14. The number of hydrogen-bond donors (Lipinski definition) is 1. The first-order valence-electron chi connectivity index (χ1n) is 5.82. The van der Waals surface area contributed by atoms with E-state index in [9.17, 15) is 4.79 Å². The maximum Gasteiger partial charge on any atom is 0.272 e. The van der Waals surface area contributed by atoms with E-state index in [4.69, 9.17) is 0 Å². The lowest BCUT2D eigenvalue weighted by Crippen LogP contribution is -2.33. The van der Waals surface area contributed by atoms with E-state index in [1.165, 1.54) is 0 Å². The van der Waals surface area contributed by atoms with Gasteiger partial charge >= 0.3 is 0 Å². The molecular weight excluding hydrogens is 234 g/mol. The molecule has 0 aliphatic carbocycles. The van der Waals surface area contributed by atoms with Gasteiger partial charge < -0.3 is 10.2 Å². The molecule has 0 saturated carbocycles. The molecule has 1 fully saturated rings. The molecule has 2 heterocycles. The van der Waals surface area contributed by atoms with Crippen LogP contribution in [-0.4, -0.2) is 47.4 Å². The van der Waals surface area contributed by atoms with E-state index in [0.29, 0.717) is 5.69 Å². The Balaban J connectivity index is 2.11. The van der Waals surface area contributed by atoms with Crippen LogP contribution in [0.4, 0.5) is 5.69 Å². The van der Waals surface area contributed by atoms with Crippen molar-refractivity contribution in [3.8, 4) is 0 Å². The first-order chi connectivity index (χ1) is 8.31. The minimum absolute atomic E-state index is 0.0459. The average molecular weight is 251 g/mol. The van der Waals surface area contributed by atoms with Crippen LogP contribution in [0.25, 0.3) is 0 Å². The van der Waals surface area contributed by atoms with Gasteiger partial charge in [0, 0.05) is 37.8 Å². The Morgan fingerprint density at radius 1 is 1.47 bits per heavy atom. The fraction of sp³-hybridized carbons (Fsp3) is 0.500. The number of aromatic nitrogens is 1. The summed E-state index contributed by atoms with van der Waals surface area (Å²) < 4.78 is 0. The highest BCUT2D eigenvalue weighted by molar-refractivity contribution is 7.99. The molecule has 17 heavy (non-hydrogen) atoms. The van der Waals surface area contributed by atoms with Crippen LogP contribution in [0.15, 0.2) is 18.3 Å². The molecule has 92 valence electrons. The van der Waals surface area contributed by atoms with Gasteiger partial charge in [0.1, 0.15) is 5.69 Å². The van der Waals surface area contributed by atoms with Gasteiger partial charge in [-0.05, 0) is 24.3 Å². The third-order valence-electron chi connectivity index (χ3n) is 2.78. The number of hydrogen-bond acceptors (Lipinski definition) is 4. The van der Waals surface area contributed by atoms with Gasteiger partial charge in [0.25, 0.3) is 5.91 Å². The largest absolute Gasteiger partial charge is 0.388 e. The minimum Gasteiger partial charge on any atom is -0.388 e. The maximum absolute atomic E-state index is 12.2. The van der Waals surface area contributed by atoms with E-state index in [-0.39, 0.29) is 5.91 Å². The Morgan fingerprint density at radius 3 is 3.18 bits per heavy atom. The molecule has 0 bridgehead atoms. The summed E-state index contributed by atoms with van der Waals surface area (Å²) >= 11 is 1.91. The molecule has 4 nitrogen and oxygen atoms in total. The number of amides is 1. The Kier molecular flexibility index (Phi) is 4.25. The highest BCUT2D eigenvalue weighted by Gasteiger charge is 2.18. The first-order valence-corrected chi connectivity index (χ1v) is 6.97. The minimum atomic E-state index is 0.0459. The molecule has 0 spiro atoms. The summed E-state index contributed by atoms with van der Waals surface area (Å²) in [6.07, 6.45) is 2.74. The zero-order valence-electron chi connectivity index (χ0n) is 9.98. The number of pyridine rings is 1. The molecule has 5 heteroatoms. The monoisotopic (exact) mass is 251 g/mol. The van der Waals surface area contributed by atoms with Crippen molar-refractivity contribution in [3.05, 3.63) is 24.0 Å². The van der Waals surface area contributed by atoms with Crippen molar-refractivity contribution in [1.29, 1.82) is 0 Å². The normalized spacial score (nSPS) is 16.4. The van der Waals surface area contributed by atoms with Gasteiger partial charge in [-0.3, -0.25) is 9.78 Å². The fourth-order valence-electron chi connectivity index (χ4n) is 1.81. The van der Waals surface area contributed by atoms with Crippen molar-refractivity contribution in [2.24, 2.45) is 0 Å². The summed E-state index contributed by atoms with van der Waals surface area (Å²) in [7, 11) is 1.84. The first kappa shape index (κ1) is 12.2. The van der Waals surface area contributed by atoms with Crippen LogP contribution < -0.4 is 5.32 Å². The van der Waals surface area contributed by atoms with Crippen molar-refractivity contribution >= 4 is 23.4 Å². The lowest BCUT2D eigenvalue weighted by Gasteiger charge is -2.19. The van der Waals surface area contributed by atoms with Crippen molar-refractivity contribution < 1.29 is 4.79 Å². The molecule has 1 aliphatic heterocycles. The van der Waals surface area contributed by atoms with E-state index >= 15 is 0 Å². The Morgan fingerprint density at radius 2 is 2.35 bits per heavy atom. The molecule has 2 rings (SSSR count). The molecule has 0 aromatic carbocycles. The predicted octanol–water partition coefficient (Wildman–Crippen LogP) is 1.70. The van der Waals surface area contributed by atoms with Crippen molar-refractivity contribution in [3.63, 3.8) is 0 Å². The molecule has 0 atom stereocenters. The topological polar surface area (TPSA) is 45.2 Å². The summed E-state index contributed by atoms with van der Waals surface area (Å²) in [6, 6.07) is 3.66. The number of anilines is 1. The van der Waals surface area contributed by atoms with Crippen molar-refractivity contribution in [1.82, 2.24) is 9.88 Å². The molecular formula is C12H17N3OS. The molecule has 1 aliphatic rings. The van der Waals surface area contributed by atoms with Crippen LogP contribution in [0.5, 0.6) is 0 Å². The van der Waals surface area contributed by atoms with Crippen molar-refractivity contribution in [2.75, 3.05) is 37.0 Å². The molecule has 1 amide bonds. The summed E-state index contributed by atoms with van der Waals surface area (Å²) in [5.41, 5.74) is 1.45. The smallest absolute Gasteiger partial charge is 0.272 e. The Labute approximate surface area is 106 Å². The lowest BCUT2D eigenvalue weighted by molar-refractivity contribution is 0.0763. The second kappa shape index (κ2) is 5.91. The molecule has 1 aromatic rings. The Bertz CT molecular complexity index is 389. The molecule has 1 saturated heterocycles. The Hall–Kier alpha value is -1.23. The number of carbonyl (C=O) groups is 1. The summed E-state index contributed by atoms with van der Waals surface area (Å²) in [6.45, 7) is 1.67.